The quantitative estimate of drug-likeness (QED) is 0.750. The summed E-state index contributed by atoms with van der Waals surface area (Å²) in [5.41, 5.74) is 1.89. The highest BCUT2D eigenvalue weighted by Gasteiger charge is 2.22. The third-order valence-corrected chi connectivity index (χ3v) is 3.02. The standard InChI is InChI=1S/C13H20N4O/c1-9-10(2)16-12(8-15-9)14-7-3-4-13(18)17-11-5-6-11/h8,11H,3-7H2,1-2H3,(H,14,16)(H,17,18). The second-order valence-corrected chi connectivity index (χ2v) is 4.80. The lowest BCUT2D eigenvalue weighted by Crippen LogP contribution is -2.25. The number of rotatable bonds is 6. The molecular formula is C13H20N4O. The number of amides is 1. The molecule has 1 heterocycles. The van der Waals surface area contributed by atoms with E-state index in [4.69, 9.17) is 0 Å². The highest BCUT2D eigenvalue weighted by Crippen LogP contribution is 2.18. The molecule has 5 heteroatoms. The van der Waals surface area contributed by atoms with Crippen LogP contribution in [-0.2, 0) is 4.79 Å². The molecule has 0 spiro atoms. The number of carbonyl (C=O) groups is 1. The molecule has 1 aromatic rings. The first-order chi connectivity index (χ1) is 8.65. The molecule has 0 atom stereocenters. The lowest BCUT2D eigenvalue weighted by molar-refractivity contribution is -0.121. The fraction of sp³-hybridized carbons (Fsp3) is 0.615. The van der Waals surface area contributed by atoms with E-state index < -0.39 is 0 Å². The zero-order valence-electron chi connectivity index (χ0n) is 11.0. The van der Waals surface area contributed by atoms with E-state index in [1.807, 2.05) is 13.8 Å². The van der Waals surface area contributed by atoms with Crippen LogP contribution in [0.2, 0.25) is 0 Å². The molecule has 2 N–H and O–H groups in total. The van der Waals surface area contributed by atoms with Crippen LogP contribution in [0.3, 0.4) is 0 Å². The minimum absolute atomic E-state index is 0.158. The Morgan fingerprint density at radius 1 is 1.39 bits per heavy atom. The van der Waals surface area contributed by atoms with Crippen LogP contribution in [-0.4, -0.2) is 28.5 Å². The number of carbonyl (C=O) groups excluding carboxylic acids is 1. The van der Waals surface area contributed by atoms with E-state index in [0.717, 1.165) is 43.0 Å². The van der Waals surface area contributed by atoms with Gasteiger partial charge in [0.25, 0.3) is 0 Å². The molecule has 2 rings (SSSR count). The molecule has 0 unspecified atom stereocenters. The maximum Gasteiger partial charge on any atom is 0.220 e. The normalized spacial score (nSPS) is 14.3. The summed E-state index contributed by atoms with van der Waals surface area (Å²) in [6.07, 6.45) is 5.39. The smallest absolute Gasteiger partial charge is 0.220 e. The Morgan fingerprint density at radius 3 is 2.83 bits per heavy atom. The number of aryl methyl sites for hydroxylation is 2. The van der Waals surface area contributed by atoms with Crippen LogP contribution < -0.4 is 10.6 Å². The van der Waals surface area contributed by atoms with Gasteiger partial charge in [0.2, 0.25) is 5.91 Å². The SMILES string of the molecule is Cc1ncc(NCCCC(=O)NC2CC2)nc1C. The molecule has 1 amide bonds. The lowest BCUT2D eigenvalue weighted by atomic mass is 10.3. The van der Waals surface area contributed by atoms with Gasteiger partial charge in [0, 0.05) is 19.0 Å². The first-order valence-corrected chi connectivity index (χ1v) is 6.48. The van der Waals surface area contributed by atoms with Crippen molar-refractivity contribution < 1.29 is 4.79 Å². The van der Waals surface area contributed by atoms with Gasteiger partial charge in [-0.25, -0.2) is 4.98 Å². The van der Waals surface area contributed by atoms with E-state index in [2.05, 4.69) is 20.6 Å². The van der Waals surface area contributed by atoms with E-state index in [1.165, 1.54) is 0 Å². The van der Waals surface area contributed by atoms with Crippen molar-refractivity contribution in [1.29, 1.82) is 0 Å². The van der Waals surface area contributed by atoms with Crippen molar-refractivity contribution in [1.82, 2.24) is 15.3 Å². The first-order valence-electron chi connectivity index (χ1n) is 6.48. The van der Waals surface area contributed by atoms with Crippen LogP contribution >= 0.6 is 0 Å². The fourth-order valence-corrected chi connectivity index (χ4v) is 1.62. The first kappa shape index (κ1) is 12.8. The molecule has 5 nitrogen and oxygen atoms in total. The molecule has 1 aliphatic carbocycles. The van der Waals surface area contributed by atoms with Gasteiger partial charge in [-0.2, -0.15) is 0 Å². The van der Waals surface area contributed by atoms with Gasteiger partial charge in [-0.3, -0.25) is 9.78 Å². The Bertz CT molecular complexity index is 429. The van der Waals surface area contributed by atoms with Crippen LogP contribution in [0.5, 0.6) is 0 Å². The van der Waals surface area contributed by atoms with E-state index >= 15 is 0 Å². The molecule has 0 radical (unpaired) electrons. The summed E-state index contributed by atoms with van der Waals surface area (Å²) >= 11 is 0. The van der Waals surface area contributed by atoms with Crippen LogP contribution in [0.1, 0.15) is 37.1 Å². The fourth-order valence-electron chi connectivity index (χ4n) is 1.62. The molecule has 0 saturated heterocycles. The summed E-state index contributed by atoms with van der Waals surface area (Å²) in [7, 11) is 0. The van der Waals surface area contributed by atoms with E-state index in [1.54, 1.807) is 6.20 Å². The number of hydrogen-bond donors (Lipinski definition) is 2. The molecule has 1 aromatic heterocycles. The second kappa shape index (κ2) is 5.80. The van der Waals surface area contributed by atoms with Crippen molar-refractivity contribution in [3.05, 3.63) is 17.6 Å². The Labute approximate surface area is 107 Å². The van der Waals surface area contributed by atoms with E-state index in [0.29, 0.717) is 12.5 Å². The molecule has 98 valence electrons. The van der Waals surface area contributed by atoms with Crippen LogP contribution in [0.4, 0.5) is 5.82 Å². The number of nitrogens with zero attached hydrogens (tertiary/aromatic N) is 2. The summed E-state index contributed by atoms with van der Waals surface area (Å²) in [5, 5.41) is 6.16. The van der Waals surface area contributed by atoms with Gasteiger partial charge in [-0.1, -0.05) is 0 Å². The molecule has 1 aliphatic rings. The predicted octanol–water partition coefficient (Wildman–Crippen LogP) is 1.56. The third-order valence-electron chi connectivity index (χ3n) is 3.02. The Kier molecular flexibility index (Phi) is 4.12. The van der Waals surface area contributed by atoms with Crippen molar-refractivity contribution in [2.75, 3.05) is 11.9 Å². The third kappa shape index (κ3) is 3.98. The van der Waals surface area contributed by atoms with Gasteiger partial charge >= 0.3 is 0 Å². The summed E-state index contributed by atoms with van der Waals surface area (Å²) in [6.45, 7) is 4.63. The average Bonchev–Trinajstić information content (AvgIpc) is 3.13. The summed E-state index contributed by atoms with van der Waals surface area (Å²) < 4.78 is 0. The molecular weight excluding hydrogens is 228 g/mol. The van der Waals surface area contributed by atoms with Crippen LogP contribution in [0.25, 0.3) is 0 Å². The zero-order valence-corrected chi connectivity index (χ0v) is 11.0. The minimum Gasteiger partial charge on any atom is -0.369 e. The van der Waals surface area contributed by atoms with Gasteiger partial charge < -0.3 is 10.6 Å². The van der Waals surface area contributed by atoms with Gasteiger partial charge in [0.1, 0.15) is 5.82 Å². The average molecular weight is 248 g/mol. The molecule has 1 fully saturated rings. The maximum atomic E-state index is 11.4. The number of hydrogen-bond acceptors (Lipinski definition) is 4. The molecule has 0 aromatic carbocycles. The zero-order chi connectivity index (χ0) is 13.0. The topological polar surface area (TPSA) is 66.9 Å². The van der Waals surface area contributed by atoms with Crippen LogP contribution in [0, 0.1) is 13.8 Å². The maximum absolute atomic E-state index is 11.4. The predicted molar refractivity (Wildman–Crippen MR) is 70.4 cm³/mol. The highest BCUT2D eigenvalue weighted by molar-refractivity contribution is 5.76. The number of nitrogens with one attached hydrogen (secondary N) is 2. The molecule has 18 heavy (non-hydrogen) atoms. The lowest BCUT2D eigenvalue weighted by Gasteiger charge is -2.07. The second-order valence-electron chi connectivity index (χ2n) is 4.80. The highest BCUT2D eigenvalue weighted by atomic mass is 16.1. The van der Waals surface area contributed by atoms with Gasteiger partial charge in [-0.15, -0.1) is 0 Å². The van der Waals surface area contributed by atoms with Gasteiger partial charge in [0.05, 0.1) is 17.6 Å². The Morgan fingerprint density at radius 2 is 2.17 bits per heavy atom. The minimum atomic E-state index is 0.158. The van der Waals surface area contributed by atoms with Crippen molar-refractivity contribution in [2.45, 2.75) is 45.6 Å². The van der Waals surface area contributed by atoms with Crippen molar-refractivity contribution in [2.24, 2.45) is 0 Å². The van der Waals surface area contributed by atoms with E-state index in [-0.39, 0.29) is 5.91 Å². The van der Waals surface area contributed by atoms with Gasteiger partial charge in [-0.05, 0) is 33.1 Å². The van der Waals surface area contributed by atoms with Crippen molar-refractivity contribution in [3.63, 3.8) is 0 Å². The number of anilines is 1. The Hall–Kier alpha value is -1.65. The van der Waals surface area contributed by atoms with Crippen molar-refractivity contribution in [3.8, 4) is 0 Å². The van der Waals surface area contributed by atoms with E-state index in [9.17, 15) is 4.79 Å². The summed E-state index contributed by atoms with van der Waals surface area (Å²) in [6, 6.07) is 0.455. The monoisotopic (exact) mass is 248 g/mol. The summed E-state index contributed by atoms with van der Waals surface area (Å²) in [5.74, 6) is 0.936. The van der Waals surface area contributed by atoms with Gasteiger partial charge in [0.15, 0.2) is 0 Å². The molecule has 1 saturated carbocycles. The largest absolute Gasteiger partial charge is 0.369 e. The Balaban J connectivity index is 1.64. The number of aromatic nitrogens is 2. The molecule has 0 aliphatic heterocycles. The van der Waals surface area contributed by atoms with Crippen LogP contribution in [0.15, 0.2) is 6.20 Å². The van der Waals surface area contributed by atoms with Crippen molar-refractivity contribution >= 4 is 11.7 Å². The molecule has 0 bridgehead atoms. The summed E-state index contributed by atoms with van der Waals surface area (Å²) in [4.78, 5) is 20.0.